The van der Waals surface area contributed by atoms with Gasteiger partial charge < -0.3 is 10.4 Å². The van der Waals surface area contributed by atoms with Gasteiger partial charge in [-0.25, -0.2) is 0 Å². The van der Waals surface area contributed by atoms with E-state index >= 15 is 0 Å². The topological polar surface area (TPSA) is 78.8 Å². The van der Waals surface area contributed by atoms with Crippen molar-refractivity contribution in [1.82, 2.24) is 0 Å². The number of carboxylic acid groups (broad SMARTS) is 1. The maximum absolute atomic E-state index is 12.3. The van der Waals surface area contributed by atoms with Crippen LogP contribution in [0.15, 0.2) is 76.6 Å². The summed E-state index contributed by atoms with van der Waals surface area (Å²) in [6, 6.07) is 21.6. The number of aryl methyl sites for hydroxylation is 1. The highest BCUT2D eigenvalue weighted by molar-refractivity contribution is 8.18. The van der Waals surface area contributed by atoms with Gasteiger partial charge >= 0.3 is 5.97 Å². The van der Waals surface area contributed by atoms with E-state index in [-0.39, 0.29) is 12.3 Å². The van der Waals surface area contributed by atoms with Gasteiger partial charge in [0.05, 0.1) is 4.91 Å². The highest BCUT2D eigenvalue weighted by atomic mass is 32.2. The molecular weight excluding hydrogens is 384 g/mol. The van der Waals surface area contributed by atoms with Crippen molar-refractivity contribution < 1.29 is 14.7 Å². The van der Waals surface area contributed by atoms with Gasteiger partial charge in [-0.2, -0.15) is 4.99 Å². The van der Waals surface area contributed by atoms with Crippen LogP contribution in [0.2, 0.25) is 0 Å². The van der Waals surface area contributed by atoms with E-state index in [1.54, 1.807) is 0 Å². The summed E-state index contributed by atoms with van der Waals surface area (Å²) < 4.78 is 0. The van der Waals surface area contributed by atoms with Crippen LogP contribution in [0.4, 0.5) is 5.69 Å². The highest BCUT2D eigenvalue weighted by Crippen LogP contribution is 2.30. The molecule has 3 aromatic rings. The molecule has 2 N–H and O–H groups in total. The minimum Gasteiger partial charge on any atom is -0.481 e. The Morgan fingerprint density at radius 3 is 2.55 bits per heavy atom. The molecule has 29 heavy (non-hydrogen) atoms. The summed E-state index contributed by atoms with van der Waals surface area (Å²) in [7, 11) is 0. The third kappa shape index (κ3) is 4.73. The second kappa shape index (κ2) is 8.32. The highest BCUT2D eigenvalue weighted by Gasteiger charge is 2.22. The van der Waals surface area contributed by atoms with Gasteiger partial charge in [-0.1, -0.05) is 48.5 Å². The van der Waals surface area contributed by atoms with Crippen molar-refractivity contribution in [3.05, 3.63) is 82.8 Å². The maximum Gasteiger partial charge on any atom is 0.303 e. The van der Waals surface area contributed by atoms with Gasteiger partial charge in [0.15, 0.2) is 5.17 Å². The van der Waals surface area contributed by atoms with Gasteiger partial charge in [0, 0.05) is 12.1 Å². The fraction of sp³-hybridized carbons (Fsp3) is 0.0870. The summed E-state index contributed by atoms with van der Waals surface area (Å²) in [5.74, 6) is -1.07. The van der Waals surface area contributed by atoms with E-state index in [9.17, 15) is 9.59 Å². The number of benzene rings is 3. The molecule has 0 spiro atoms. The maximum atomic E-state index is 12.3. The minimum atomic E-state index is -0.812. The Labute approximate surface area is 172 Å². The molecule has 0 saturated heterocycles. The Morgan fingerprint density at radius 1 is 1.03 bits per heavy atom. The molecule has 1 aliphatic rings. The molecule has 1 aliphatic heterocycles. The van der Waals surface area contributed by atoms with Crippen LogP contribution in [0.25, 0.3) is 16.8 Å². The molecule has 0 fully saturated rings. The fourth-order valence-corrected chi connectivity index (χ4v) is 3.87. The SMILES string of the molecule is O=C(O)CCc1ccc(NC2=NC(=O)C(=Cc3ccc4ccccc4c3)S2)cc1. The Balaban J connectivity index is 1.43. The summed E-state index contributed by atoms with van der Waals surface area (Å²) >= 11 is 1.30. The van der Waals surface area contributed by atoms with Gasteiger partial charge in [-0.15, -0.1) is 0 Å². The molecular formula is C23H18N2O3S. The summed E-state index contributed by atoms with van der Waals surface area (Å²) in [5.41, 5.74) is 2.71. The number of anilines is 1. The van der Waals surface area contributed by atoms with Gasteiger partial charge in [0.25, 0.3) is 5.91 Å². The normalized spacial score (nSPS) is 15.0. The Bertz CT molecular complexity index is 1150. The van der Waals surface area contributed by atoms with E-state index in [2.05, 4.69) is 22.4 Å². The molecule has 0 bridgehead atoms. The molecule has 0 saturated carbocycles. The van der Waals surface area contributed by atoms with Crippen molar-refractivity contribution in [2.45, 2.75) is 12.8 Å². The zero-order valence-corrected chi connectivity index (χ0v) is 16.3. The summed E-state index contributed by atoms with van der Waals surface area (Å²) in [4.78, 5) is 27.6. The molecule has 0 aliphatic carbocycles. The average molecular weight is 402 g/mol. The summed E-state index contributed by atoms with van der Waals surface area (Å²) in [6.45, 7) is 0. The number of rotatable bonds is 5. The number of nitrogens with one attached hydrogen (secondary N) is 1. The third-order valence-electron chi connectivity index (χ3n) is 4.52. The molecule has 0 aromatic heterocycles. The standard InChI is InChI=1S/C23H18N2O3S/c26-21(27)12-8-15-6-10-19(11-7-15)24-23-25-22(28)20(29-23)14-16-5-9-17-3-1-2-4-18(17)13-16/h1-7,9-11,13-14H,8,12H2,(H,26,27)(H,24,25,28). The van der Waals surface area contributed by atoms with E-state index in [1.807, 2.05) is 60.7 Å². The zero-order valence-electron chi connectivity index (χ0n) is 15.5. The lowest BCUT2D eigenvalue weighted by Gasteiger charge is -2.06. The summed E-state index contributed by atoms with van der Waals surface area (Å²) in [5, 5.41) is 14.7. The number of amides is 1. The predicted molar refractivity (Wildman–Crippen MR) is 118 cm³/mol. The first-order valence-corrected chi connectivity index (χ1v) is 9.98. The molecule has 144 valence electrons. The van der Waals surface area contributed by atoms with Crippen LogP contribution in [0.1, 0.15) is 17.5 Å². The van der Waals surface area contributed by atoms with Crippen LogP contribution in [-0.4, -0.2) is 22.2 Å². The molecule has 0 unspecified atom stereocenters. The van der Waals surface area contributed by atoms with Crippen molar-refractivity contribution in [2.24, 2.45) is 4.99 Å². The number of aliphatic carboxylic acids is 1. The first kappa shape index (κ1) is 19.0. The first-order valence-electron chi connectivity index (χ1n) is 9.16. The third-order valence-corrected chi connectivity index (χ3v) is 5.42. The van der Waals surface area contributed by atoms with Crippen molar-refractivity contribution in [2.75, 3.05) is 5.32 Å². The Hall–Kier alpha value is -3.38. The van der Waals surface area contributed by atoms with Crippen LogP contribution in [0, 0.1) is 0 Å². The fourth-order valence-electron chi connectivity index (χ4n) is 3.04. The quantitative estimate of drug-likeness (QED) is 0.591. The van der Waals surface area contributed by atoms with Crippen LogP contribution in [0.3, 0.4) is 0 Å². The molecule has 4 rings (SSSR count). The van der Waals surface area contributed by atoms with E-state index < -0.39 is 5.97 Å². The van der Waals surface area contributed by atoms with Gasteiger partial charge in [-0.05, 0) is 64.4 Å². The smallest absolute Gasteiger partial charge is 0.303 e. The Kier molecular flexibility index (Phi) is 5.44. The average Bonchev–Trinajstić information content (AvgIpc) is 3.06. The number of amidine groups is 1. The number of aliphatic imine (C=N–C) groups is 1. The van der Waals surface area contributed by atoms with E-state index in [4.69, 9.17) is 5.11 Å². The number of carbonyl (C=O) groups excluding carboxylic acids is 1. The van der Waals surface area contributed by atoms with E-state index in [1.165, 1.54) is 11.8 Å². The van der Waals surface area contributed by atoms with Crippen molar-refractivity contribution in [1.29, 1.82) is 0 Å². The zero-order chi connectivity index (χ0) is 20.2. The van der Waals surface area contributed by atoms with Gasteiger partial charge in [0.1, 0.15) is 0 Å². The van der Waals surface area contributed by atoms with Gasteiger partial charge in [0.2, 0.25) is 0 Å². The molecule has 0 atom stereocenters. The molecule has 1 amide bonds. The van der Waals surface area contributed by atoms with E-state index in [0.29, 0.717) is 16.5 Å². The molecule has 0 radical (unpaired) electrons. The molecule has 5 nitrogen and oxygen atoms in total. The van der Waals surface area contributed by atoms with Crippen LogP contribution < -0.4 is 5.32 Å². The molecule has 3 aromatic carbocycles. The monoisotopic (exact) mass is 402 g/mol. The minimum absolute atomic E-state index is 0.104. The summed E-state index contributed by atoms with van der Waals surface area (Å²) in [6.07, 6.45) is 2.45. The number of thioether (sulfide) groups is 1. The lowest BCUT2D eigenvalue weighted by atomic mass is 10.1. The second-order valence-corrected chi connectivity index (χ2v) is 7.69. The number of fused-ring (bicyclic) bond motifs is 1. The van der Waals surface area contributed by atoms with E-state index in [0.717, 1.165) is 27.6 Å². The van der Waals surface area contributed by atoms with Crippen LogP contribution >= 0.6 is 11.8 Å². The lowest BCUT2D eigenvalue weighted by Crippen LogP contribution is -2.05. The number of hydrogen-bond donors (Lipinski definition) is 2. The second-order valence-electron chi connectivity index (χ2n) is 6.66. The lowest BCUT2D eigenvalue weighted by molar-refractivity contribution is -0.137. The van der Waals surface area contributed by atoms with Crippen molar-refractivity contribution in [3.8, 4) is 0 Å². The van der Waals surface area contributed by atoms with Crippen molar-refractivity contribution in [3.63, 3.8) is 0 Å². The molecule has 6 heteroatoms. The number of carboxylic acids is 1. The Morgan fingerprint density at radius 2 is 1.79 bits per heavy atom. The predicted octanol–water partition coefficient (Wildman–Crippen LogP) is 4.94. The largest absolute Gasteiger partial charge is 0.481 e. The number of carbonyl (C=O) groups is 2. The van der Waals surface area contributed by atoms with Crippen LogP contribution in [-0.2, 0) is 16.0 Å². The van der Waals surface area contributed by atoms with Gasteiger partial charge in [-0.3, -0.25) is 9.59 Å². The number of nitrogens with zero attached hydrogens (tertiary/aromatic N) is 1. The molecule has 1 heterocycles. The van der Waals surface area contributed by atoms with Crippen molar-refractivity contribution >= 4 is 51.3 Å². The first-order chi connectivity index (χ1) is 14.1. The number of hydrogen-bond acceptors (Lipinski definition) is 4. The van der Waals surface area contributed by atoms with Crippen LogP contribution in [0.5, 0.6) is 0 Å².